The van der Waals surface area contributed by atoms with Crippen molar-refractivity contribution in [1.29, 1.82) is 0 Å². The second-order valence-corrected chi connectivity index (χ2v) is 13.2. The van der Waals surface area contributed by atoms with Gasteiger partial charge in [-0.15, -0.1) is 0 Å². The van der Waals surface area contributed by atoms with Crippen LogP contribution in [-0.2, 0) is 4.43 Å². The maximum atomic E-state index is 11.2. The minimum Gasteiger partial charge on any atom is -0.465 e. The van der Waals surface area contributed by atoms with Crippen LogP contribution in [0.5, 0.6) is 0 Å². The average molecular weight is 398 g/mol. The maximum Gasteiger partial charge on any atom is 0.404 e. The first-order chi connectivity index (χ1) is 13.2. The molecule has 3 rings (SSSR count). The predicted molar refractivity (Wildman–Crippen MR) is 116 cm³/mol. The molecule has 2 N–H and O–H groups in total. The molecule has 0 saturated heterocycles. The Hall–Kier alpha value is -2.11. The summed E-state index contributed by atoms with van der Waals surface area (Å²) in [5, 5.41) is 14.3. The average Bonchev–Trinajstić information content (AvgIpc) is 2.98. The van der Waals surface area contributed by atoms with E-state index in [1.54, 1.807) is 0 Å². The fourth-order valence-corrected chi connectivity index (χ4v) is 9.30. The molecule has 5 heteroatoms. The minimum absolute atomic E-state index is 0.0400. The lowest BCUT2D eigenvalue weighted by Crippen LogP contribution is -2.67. The monoisotopic (exact) mass is 397 g/mol. The van der Waals surface area contributed by atoms with Crippen LogP contribution in [0, 0.1) is 5.92 Å². The zero-order valence-corrected chi connectivity index (χ0v) is 18.2. The van der Waals surface area contributed by atoms with Gasteiger partial charge in [0.05, 0.1) is 0 Å². The molecule has 0 heterocycles. The molecule has 1 fully saturated rings. The first kappa shape index (κ1) is 20.6. The molecule has 1 saturated carbocycles. The van der Waals surface area contributed by atoms with Crippen LogP contribution in [0.25, 0.3) is 0 Å². The van der Waals surface area contributed by atoms with Crippen molar-refractivity contribution in [2.24, 2.45) is 5.92 Å². The van der Waals surface area contributed by atoms with E-state index in [9.17, 15) is 4.79 Å². The summed E-state index contributed by atoms with van der Waals surface area (Å²) in [6.07, 6.45) is 0.675. The summed E-state index contributed by atoms with van der Waals surface area (Å²) in [7, 11) is -2.59. The van der Waals surface area contributed by atoms with Gasteiger partial charge in [-0.2, -0.15) is 0 Å². The molecule has 1 amide bonds. The molecule has 28 heavy (non-hydrogen) atoms. The van der Waals surface area contributed by atoms with Gasteiger partial charge in [0, 0.05) is 12.1 Å². The van der Waals surface area contributed by atoms with E-state index in [0.717, 1.165) is 12.8 Å². The molecule has 150 valence electrons. The Morgan fingerprint density at radius 1 is 1.00 bits per heavy atom. The van der Waals surface area contributed by atoms with Crippen LogP contribution in [0.4, 0.5) is 4.79 Å². The lowest BCUT2D eigenvalue weighted by Gasteiger charge is -2.44. The second-order valence-electron chi connectivity index (χ2n) is 8.91. The third-order valence-electron chi connectivity index (χ3n) is 5.91. The van der Waals surface area contributed by atoms with E-state index in [1.165, 1.54) is 10.4 Å². The van der Waals surface area contributed by atoms with Crippen molar-refractivity contribution in [3.05, 3.63) is 60.7 Å². The van der Waals surface area contributed by atoms with Gasteiger partial charge in [0.25, 0.3) is 8.32 Å². The highest BCUT2D eigenvalue weighted by Gasteiger charge is 2.52. The van der Waals surface area contributed by atoms with Crippen LogP contribution in [-0.4, -0.2) is 31.7 Å². The Bertz CT molecular complexity index is 749. The van der Waals surface area contributed by atoms with Crippen molar-refractivity contribution in [3.63, 3.8) is 0 Å². The van der Waals surface area contributed by atoms with Crippen molar-refractivity contribution in [2.75, 3.05) is 0 Å². The van der Waals surface area contributed by atoms with Crippen LogP contribution < -0.4 is 15.7 Å². The number of hydrogen-bond donors (Lipinski definition) is 2. The number of amides is 1. The molecule has 0 unspecified atom stereocenters. The normalized spacial score (nSPS) is 22.8. The van der Waals surface area contributed by atoms with E-state index in [2.05, 4.69) is 81.5 Å². The van der Waals surface area contributed by atoms with Crippen LogP contribution >= 0.6 is 0 Å². The summed E-state index contributed by atoms with van der Waals surface area (Å²) in [5.41, 5.74) is 0. The summed E-state index contributed by atoms with van der Waals surface area (Å²) in [6.45, 7) is 8.91. The van der Waals surface area contributed by atoms with Gasteiger partial charge >= 0.3 is 6.09 Å². The summed E-state index contributed by atoms with van der Waals surface area (Å²) in [4.78, 5) is 11.2. The van der Waals surface area contributed by atoms with Crippen molar-refractivity contribution in [2.45, 2.75) is 57.7 Å². The van der Waals surface area contributed by atoms with E-state index in [0.29, 0.717) is 0 Å². The van der Waals surface area contributed by atoms with Crippen LogP contribution in [0.15, 0.2) is 60.7 Å². The molecule has 0 aliphatic heterocycles. The van der Waals surface area contributed by atoms with E-state index in [4.69, 9.17) is 9.53 Å². The Kier molecular flexibility index (Phi) is 5.96. The first-order valence-corrected chi connectivity index (χ1v) is 11.9. The molecule has 0 bridgehead atoms. The number of carboxylic acid groups (broad SMARTS) is 1. The second kappa shape index (κ2) is 8.09. The van der Waals surface area contributed by atoms with Gasteiger partial charge in [0.15, 0.2) is 0 Å². The fourth-order valence-electron chi connectivity index (χ4n) is 4.59. The smallest absolute Gasteiger partial charge is 0.404 e. The van der Waals surface area contributed by atoms with E-state index in [1.807, 2.05) is 12.1 Å². The summed E-state index contributed by atoms with van der Waals surface area (Å²) in [6, 6.07) is 21.1. The molecule has 1 aliphatic carbocycles. The first-order valence-electron chi connectivity index (χ1n) is 10.0. The number of rotatable bonds is 5. The van der Waals surface area contributed by atoms with Crippen molar-refractivity contribution in [3.8, 4) is 0 Å². The highest BCUT2D eigenvalue weighted by molar-refractivity contribution is 6.99. The summed E-state index contributed by atoms with van der Waals surface area (Å²) in [5.74, 6) is 0.263. The Balaban J connectivity index is 2.04. The van der Waals surface area contributed by atoms with Gasteiger partial charge in [0.2, 0.25) is 0 Å². The Labute approximate surface area is 169 Å². The van der Waals surface area contributed by atoms with Gasteiger partial charge in [-0.05, 0) is 34.2 Å². The molecule has 2 aromatic carbocycles. The SMILES string of the molecule is C[C@H]1C[C@@H](O[Si](c2ccccc2)(c2ccccc2)C(C)(C)C)C[C@H]1NC(=O)O. The predicted octanol–water partition coefficient (Wildman–Crippen LogP) is 4.00. The molecule has 1 aliphatic rings. The highest BCUT2D eigenvalue weighted by Crippen LogP contribution is 2.40. The van der Waals surface area contributed by atoms with E-state index >= 15 is 0 Å². The standard InChI is InChI=1S/C23H31NO3Si/c1-17-15-18(16-21(17)24-22(25)26)27-28(23(2,3)4,19-11-7-5-8-12-19)20-13-9-6-10-14-20/h5-14,17-18,21,24H,15-16H2,1-4H3,(H,25,26)/t17-,18+,21+/m0/s1. The molecule has 2 aromatic rings. The van der Waals surface area contributed by atoms with Crippen LogP contribution in [0.3, 0.4) is 0 Å². The van der Waals surface area contributed by atoms with Crippen LogP contribution in [0.2, 0.25) is 5.04 Å². The lowest BCUT2D eigenvalue weighted by atomic mass is 10.1. The van der Waals surface area contributed by atoms with E-state index in [-0.39, 0.29) is 23.1 Å². The van der Waals surface area contributed by atoms with Gasteiger partial charge < -0.3 is 14.8 Å². The van der Waals surface area contributed by atoms with Crippen molar-refractivity contribution in [1.82, 2.24) is 5.32 Å². The molecular weight excluding hydrogens is 366 g/mol. The zero-order chi connectivity index (χ0) is 20.4. The van der Waals surface area contributed by atoms with Gasteiger partial charge in [0.1, 0.15) is 0 Å². The molecule has 0 radical (unpaired) electrons. The summed E-state index contributed by atoms with van der Waals surface area (Å²) >= 11 is 0. The quantitative estimate of drug-likeness (QED) is 0.750. The lowest BCUT2D eigenvalue weighted by molar-refractivity contribution is 0.181. The number of nitrogens with one attached hydrogen (secondary N) is 1. The fraction of sp³-hybridized carbons (Fsp3) is 0.435. The van der Waals surface area contributed by atoms with Gasteiger partial charge in [-0.1, -0.05) is 88.4 Å². The van der Waals surface area contributed by atoms with Crippen molar-refractivity contribution >= 4 is 24.8 Å². The largest absolute Gasteiger partial charge is 0.465 e. The van der Waals surface area contributed by atoms with Gasteiger partial charge in [-0.3, -0.25) is 0 Å². The Morgan fingerprint density at radius 2 is 1.50 bits per heavy atom. The minimum atomic E-state index is -2.59. The van der Waals surface area contributed by atoms with Crippen molar-refractivity contribution < 1.29 is 14.3 Å². The number of carbonyl (C=O) groups is 1. The molecule has 3 atom stereocenters. The summed E-state index contributed by atoms with van der Waals surface area (Å²) < 4.78 is 7.12. The third-order valence-corrected chi connectivity index (χ3v) is 11.0. The topological polar surface area (TPSA) is 58.6 Å². The Morgan fingerprint density at radius 3 is 1.93 bits per heavy atom. The van der Waals surface area contributed by atoms with Gasteiger partial charge in [-0.25, -0.2) is 4.79 Å². The highest BCUT2D eigenvalue weighted by atomic mass is 28.4. The molecule has 0 aromatic heterocycles. The number of hydrogen-bond acceptors (Lipinski definition) is 2. The zero-order valence-electron chi connectivity index (χ0n) is 17.2. The molecule has 0 spiro atoms. The molecular formula is C23H31NO3Si. The maximum absolute atomic E-state index is 11.2. The number of benzene rings is 2. The van der Waals surface area contributed by atoms with E-state index < -0.39 is 14.4 Å². The van der Waals surface area contributed by atoms with Crippen LogP contribution in [0.1, 0.15) is 40.5 Å². The molecule has 4 nitrogen and oxygen atoms in total. The third kappa shape index (κ3) is 4.01.